The summed E-state index contributed by atoms with van der Waals surface area (Å²) in [6.45, 7) is 1.82. The summed E-state index contributed by atoms with van der Waals surface area (Å²) in [5, 5.41) is 8.11. The lowest BCUT2D eigenvalue weighted by atomic mass is 10.2. The predicted molar refractivity (Wildman–Crippen MR) is 77.9 cm³/mol. The first-order valence-corrected chi connectivity index (χ1v) is 7.03. The number of hydrogen-bond donors (Lipinski definition) is 1. The van der Waals surface area contributed by atoms with Gasteiger partial charge in [-0.2, -0.15) is 0 Å². The number of thioether (sulfide) groups is 1. The number of carboxylic acids is 1. The molecule has 1 N–H and O–H groups in total. The van der Waals surface area contributed by atoms with E-state index in [9.17, 15) is 14.4 Å². The molecule has 6 nitrogen and oxygen atoms in total. The van der Waals surface area contributed by atoms with Gasteiger partial charge in [0.2, 0.25) is 0 Å². The second-order valence-corrected chi connectivity index (χ2v) is 5.16. The zero-order valence-corrected chi connectivity index (χ0v) is 12.1. The Morgan fingerprint density at radius 3 is 2.57 bits per heavy atom. The number of rotatable bonds is 5. The van der Waals surface area contributed by atoms with Crippen molar-refractivity contribution in [2.45, 2.75) is 6.92 Å². The quantitative estimate of drug-likeness (QED) is 0.840. The summed E-state index contributed by atoms with van der Waals surface area (Å²) in [5.41, 5.74) is 0.735. The Kier molecular flexibility index (Phi) is 4.64. The summed E-state index contributed by atoms with van der Waals surface area (Å²) in [4.78, 5) is 35.1. The van der Waals surface area contributed by atoms with E-state index in [1.54, 1.807) is 30.3 Å². The molecule has 2 amide bonds. The molecule has 1 heterocycles. The lowest BCUT2D eigenvalue weighted by Crippen LogP contribution is -2.33. The van der Waals surface area contributed by atoms with Gasteiger partial charge in [0.05, 0.1) is 11.5 Å². The van der Waals surface area contributed by atoms with E-state index in [0.29, 0.717) is 17.3 Å². The largest absolute Gasteiger partial charge is 0.494 e. The third-order valence-electron chi connectivity index (χ3n) is 2.66. The summed E-state index contributed by atoms with van der Waals surface area (Å²) in [7, 11) is 0. The van der Waals surface area contributed by atoms with E-state index in [2.05, 4.69) is 0 Å². The molecule has 0 aliphatic carbocycles. The Hall–Kier alpha value is -2.28. The molecule has 21 heavy (non-hydrogen) atoms. The van der Waals surface area contributed by atoms with Crippen LogP contribution in [0.1, 0.15) is 12.5 Å². The van der Waals surface area contributed by atoms with Crippen molar-refractivity contribution in [3.05, 3.63) is 34.7 Å². The van der Waals surface area contributed by atoms with Crippen LogP contribution in [0.3, 0.4) is 0 Å². The number of ether oxygens (including phenoxy) is 1. The standard InChI is InChI=1S/C14H13NO5S/c1-2-20-10-5-3-9(4-6-10)7-11-13(18)15(8-12(16)17)14(19)21-11/h3-7H,2,8H2,1H3,(H,16,17)/b11-7+. The maximum absolute atomic E-state index is 12.0. The Morgan fingerprint density at radius 1 is 1.33 bits per heavy atom. The van der Waals surface area contributed by atoms with Crippen molar-refractivity contribution in [1.82, 2.24) is 4.90 Å². The van der Waals surface area contributed by atoms with Gasteiger partial charge in [-0.1, -0.05) is 12.1 Å². The summed E-state index contributed by atoms with van der Waals surface area (Å²) in [6, 6.07) is 7.04. The Labute approximate surface area is 125 Å². The van der Waals surface area contributed by atoms with Crippen molar-refractivity contribution in [3.8, 4) is 5.75 Å². The molecule has 1 fully saturated rings. The van der Waals surface area contributed by atoms with Crippen LogP contribution in [-0.2, 0) is 9.59 Å². The third-order valence-corrected chi connectivity index (χ3v) is 3.56. The van der Waals surface area contributed by atoms with Crippen molar-refractivity contribution in [2.24, 2.45) is 0 Å². The van der Waals surface area contributed by atoms with Gasteiger partial charge < -0.3 is 9.84 Å². The minimum atomic E-state index is -1.22. The Balaban J connectivity index is 2.16. The van der Waals surface area contributed by atoms with Gasteiger partial charge >= 0.3 is 5.97 Å². The molecule has 1 aliphatic rings. The lowest BCUT2D eigenvalue weighted by Gasteiger charge is -2.07. The number of amides is 2. The minimum absolute atomic E-state index is 0.213. The molecule has 0 saturated carbocycles. The highest BCUT2D eigenvalue weighted by atomic mass is 32.2. The van der Waals surface area contributed by atoms with Crippen molar-refractivity contribution >= 4 is 35.0 Å². The van der Waals surface area contributed by atoms with E-state index in [4.69, 9.17) is 9.84 Å². The Morgan fingerprint density at radius 2 is 2.00 bits per heavy atom. The van der Waals surface area contributed by atoms with Gasteiger partial charge in [-0.25, -0.2) is 0 Å². The number of aliphatic carboxylic acids is 1. The summed E-state index contributed by atoms with van der Waals surface area (Å²) < 4.78 is 5.31. The highest BCUT2D eigenvalue weighted by molar-refractivity contribution is 8.18. The number of nitrogens with zero attached hydrogens (tertiary/aromatic N) is 1. The fraction of sp³-hybridized carbons (Fsp3) is 0.214. The van der Waals surface area contributed by atoms with E-state index in [-0.39, 0.29) is 4.91 Å². The number of hydrogen-bond acceptors (Lipinski definition) is 5. The molecule has 0 spiro atoms. The van der Waals surface area contributed by atoms with Gasteiger partial charge in [0.1, 0.15) is 12.3 Å². The molecule has 1 aliphatic heterocycles. The van der Waals surface area contributed by atoms with Gasteiger partial charge in [0, 0.05) is 0 Å². The predicted octanol–water partition coefficient (Wildman–Crippen LogP) is 2.21. The summed E-state index contributed by atoms with van der Waals surface area (Å²) in [6.07, 6.45) is 1.56. The van der Waals surface area contributed by atoms with Gasteiger partial charge in [0.25, 0.3) is 11.1 Å². The highest BCUT2D eigenvalue weighted by Crippen LogP contribution is 2.32. The maximum atomic E-state index is 12.0. The first-order valence-electron chi connectivity index (χ1n) is 6.21. The average Bonchev–Trinajstić information content (AvgIpc) is 2.69. The van der Waals surface area contributed by atoms with Crippen molar-refractivity contribution in [2.75, 3.05) is 13.2 Å². The molecule has 0 radical (unpaired) electrons. The van der Waals surface area contributed by atoms with Gasteiger partial charge in [0.15, 0.2) is 0 Å². The third kappa shape index (κ3) is 3.63. The Bertz CT molecular complexity index is 608. The summed E-state index contributed by atoms with van der Waals surface area (Å²) in [5.74, 6) is -1.09. The van der Waals surface area contributed by atoms with E-state index >= 15 is 0 Å². The van der Waals surface area contributed by atoms with E-state index < -0.39 is 23.7 Å². The van der Waals surface area contributed by atoms with Gasteiger partial charge in [-0.05, 0) is 42.5 Å². The first-order chi connectivity index (χ1) is 10.0. The number of carbonyl (C=O) groups excluding carboxylic acids is 2. The van der Waals surface area contributed by atoms with Crippen LogP contribution in [0.2, 0.25) is 0 Å². The maximum Gasteiger partial charge on any atom is 0.323 e. The molecule has 0 bridgehead atoms. The molecule has 1 aromatic carbocycles. The van der Waals surface area contributed by atoms with Crippen LogP contribution in [0.25, 0.3) is 6.08 Å². The fourth-order valence-corrected chi connectivity index (χ4v) is 2.59. The molecule has 0 aromatic heterocycles. The molecule has 0 unspecified atom stereocenters. The van der Waals surface area contributed by atoms with Crippen molar-refractivity contribution in [1.29, 1.82) is 0 Å². The molecule has 7 heteroatoms. The smallest absolute Gasteiger partial charge is 0.323 e. The highest BCUT2D eigenvalue weighted by Gasteiger charge is 2.36. The number of carbonyl (C=O) groups is 3. The van der Waals surface area contributed by atoms with E-state index in [1.807, 2.05) is 6.92 Å². The number of imide groups is 1. The normalized spacial score (nSPS) is 16.6. The van der Waals surface area contributed by atoms with Crippen molar-refractivity contribution < 1.29 is 24.2 Å². The minimum Gasteiger partial charge on any atom is -0.494 e. The van der Waals surface area contributed by atoms with Crippen molar-refractivity contribution in [3.63, 3.8) is 0 Å². The van der Waals surface area contributed by atoms with Crippen LogP contribution in [-0.4, -0.2) is 40.3 Å². The lowest BCUT2D eigenvalue weighted by molar-refractivity contribution is -0.140. The molecular weight excluding hydrogens is 294 g/mol. The zero-order valence-electron chi connectivity index (χ0n) is 11.2. The van der Waals surface area contributed by atoms with Crippen LogP contribution in [0.4, 0.5) is 4.79 Å². The monoisotopic (exact) mass is 307 g/mol. The SMILES string of the molecule is CCOc1ccc(/C=C2/SC(=O)N(CC(=O)O)C2=O)cc1. The van der Waals surface area contributed by atoms with Crippen LogP contribution in [0, 0.1) is 0 Å². The van der Waals surface area contributed by atoms with E-state index in [0.717, 1.165) is 17.3 Å². The van der Waals surface area contributed by atoms with Crippen LogP contribution >= 0.6 is 11.8 Å². The zero-order chi connectivity index (χ0) is 15.4. The molecular formula is C14H13NO5S. The second-order valence-electron chi connectivity index (χ2n) is 4.16. The molecule has 2 rings (SSSR count). The van der Waals surface area contributed by atoms with Crippen LogP contribution in [0.15, 0.2) is 29.2 Å². The average molecular weight is 307 g/mol. The number of carboxylic acid groups (broad SMARTS) is 1. The first kappa shape index (κ1) is 15.1. The fourth-order valence-electron chi connectivity index (χ4n) is 1.75. The molecule has 1 saturated heterocycles. The van der Waals surface area contributed by atoms with Gasteiger partial charge in [-0.15, -0.1) is 0 Å². The molecule has 110 valence electrons. The topological polar surface area (TPSA) is 83.9 Å². The molecule has 1 aromatic rings. The number of benzene rings is 1. The van der Waals surface area contributed by atoms with Crippen LogP contribution in [0.5, 0.6) is 5.75 Å². The van der Waals surface area contributed by atoms with Crippen LogP contribution < -0.4 is 4.74 Å². The second kappa shape index (κ2) is 6.45. The van der Waals surface area contributed by atoms with E-state index in [1.165, 1.54) is 0 Å². The van der Waals surface area contributed by atoms with Gasteiger partial charge in [-0.3, -0.25) is 19.3 Å². The molecule has 0 atom stereocenters. The summed E-state index contributed by atoms with van der Waals surface area (Å²) >= 11 is 0.737.